The first kappa shape index (κ1) is 13.0. The molecule has 0 spiro atoms. The molecule has 0 unspecified atom stereocenters. The zero-order valence-corrected chi connectivity index (χ0v) is 10.6. The third kappa shape index (κ3) is 2.40. The smallest absolute Gasteiger partial charge is 0.323 e. The summed E-state index contributed by atoms with van der Waals surface area (Å²) in [5, 5.41) is 8.70. The number of hydrogen-bond donors (Lipinski definition) is 1. The molecule has 0 radical (unpaired) electrons. The lowest BCUT2D eigenvalue weighted by atomic mass is 9.98. The van der Waals surface area contributed by atoms with E-state index < -0.39 is 24.3 Å². The number of hydrogen-bond acceptors (Lipinski definition) is 3. The molecule has 1 N–H and O–H groups in total. The van der Waals surface area contributed by atoms with Crippen LogP contribution in [0.5, 0.6) is 0 Å². The van der Waals surface area contributed by atoms with Gasteiger partial charge in [0.2, 0.25) is 0 Å². The van der Waals surface area contributed by atoms with Gasteiger partial charge in [-0.2, -0.15) is 0 Å². The third-order valence-electron chi connectivity index (χ3n) is 2.99. The summed E-state index contributed by atoms with van der Waals surface area (Å²) in [4.78, 5) is 35.1. The van der Waals surface area contributed by atoms with Crippen molar-refractivity contribution in [1.29, 1.82) is 0 Å². The number of benzene rings is 1. The van der Waals surface area contributed by atoms with Crippen molar-refractivity contribution in [2.45, 2.75) is 13.8 Å². The van der Waals surface area contributed by atoms with Crippen molar-refractivity contribution in [1.82, 2.24) is 4.90 Å². The second-order valence-corrected chi connectivity index (χ2v) is 4.50. The van der Waals surface area contributed by atoms with Crippen molar-refractivity contribution in [2.75, 3.05) is 6.54 Å². The van der Waals surface area contributed by atoms with Crippen molar-refractivity contribution in [2.24, 2.45) is 0 Å². The lowest BCUT2D eigenvalue weighted by Crippen LogP contribution is -2.35. The molecule has 1 aromatic carbocycles. The second kappa shape index (κ2) is 4.68. The van der Waals surface area contributed by atoms with Gasteiger partial charge in [-0.3, -0.25) is 19.3 Å². The molecular weight excluding hydrogens is 246 g/mol. The lowest BCUT2D eigenvalue weighted by Gasteiger charge is -2.12. The SMILES string of the molecule is Cc1ccc(C)c(C2=CC(=O)N(CC(=O)O)C2=O)c1. The summed E-state index contributed by atoms with van der Waals surface area (Å²) >= 11 is 0. The molecular formula is C14H13NO4. The molecule has 0 aliphatic carbocycles. The standard InChI is InChI=1S/C14H13NO4/c1-8-3-4-9(2)10(5-8)11-6-12(16)15(14(11)19)7-13(17)18/h3-6H,7H2,1-2H3,(H,17,18). The maximum absolute atomic E-state index is 12.1. The average molecular weight is 259 g/mol. The van der Waals surface area contributed by atoms with Crippen LogP contribution in [0.1, 0.15) is 16.7 Å². The Bertz CT molecular complexity index is 616. The van der Waals surface area contributed by atoms with E-state index in [9.17, 15) is 14.4 Å². The molecule has 2 rings (SSSR count). The molecule has 98 valence electrons. The Balaban J connectivity index is 2.39. The summed E-state index contributed by atoms with van der Waals surface area (Å²) in [6.45, 7) is 3.12. The maximum atomic E-state index is 12.1. The van der Waals surface area contributed by atoms with E-state index in [1.807, 2.05) is 32.0 Å². The highest BCUT2D eigenvalue weighted by Gasteiger charge is 2.33. The molecule has 5 heteroatoms. The molecule has 5 nitrogen and oxygen atoms in total. The minimum absolute atomic E-state index is 0.257. The summed E-state index contributed by atoms with van der Waals surface area (Å²) in [6, 6.07) is 5.59. The number of carboxylic acids is 1. The van der Waals surface area contributed by atoms with Crippen LogP contribution in [0, 0.1) is 13.8 Å². The fourth-order valence-electron chi connectivity index (χ4n) is 2.01. The molecule has 0 saturated heterocycles. The van der Waals surface area contributed by atoms with Gasteiger partial charge in [-0.05, 0) is 25.0 Å². The zero-order valence-electron chi connectivity index (χ0n) is 10.6. The molecule has 1 aromatic rings. The van der Waals surface area contributed by atoms with Crippen LogP contribution < -0.4 is 0 Å². The number of carbonyl (C=O) groups excluding carboxylic acids is 2. The Morgan fingerprint density at radius 1 is 1.26 bits per heavy atom. The highest BCUT2D eigenvalue weighted by atomic mass is 16.4. The molecule has 2 amide bonds. The largest absolute Gasteiger partial charge is 0.480 e. The first-order chi connectivity index (χ1) is 8.90. The minimum Gasteiger partial charge on any atom is -0.480 e. The number of imide groups is 1. The predicted molar refractivity (Wildman–Crippen MR) is 68.2 cm³/mol. The Hall–Kier alpha value is -2.43. The highest BCUT2D eigenvalue weighted by Crippen LogP contribution is 2.26. The van der Waals surface area contributed by atoms with Crippen LogP contribution in [0.4, 0.5) is 0 Å². The summed E-state index contributed by atoms with van der Waals surface area (Å²) in [6.07, 6.45) is 1.20. The number of amides is 2. The number of rotatable bonds is 3. The van der Waals surface area contributed by atoms with Crippen molar-refractivity contribution in [3.8, 4) is 0 Å². The van der Waals surface area contributed by atoms with Crippen LogP contribution in [0.25, 0.3) is 5.57 Å². The van der Waals surface area contributed by atoms with Crippen molar-refractivity contribution in [3.63, 3.8) is 0 Å². The normalized spacial score (nSPS) is 14.8. The third-order valence-corrected chi connectivity index (χ3v) is 2.99. The molecule has 1 aliphatic heterocycles. The van der Waals surface area contributed by atoms with Crippen molar-refractivity contribution < 1.29 is 19.5 Å². The molecule has 0 aromatic heterocycles. The van der Waals surface area contributed by atoms with E-state index in [2.05, 4.69) is 0 Å². The van der Waals surface area contributed by atoms with Crippen LogP contribution in [0.3, 0.4) is 0 Å². The van der Waals surface area contributed by atoms with Crippen LogP contribution >= 0.6 is 0 Å². The van der Waals surface area contributed by atoms with E-state index in [0.717, 1.165) is 16.0 Å². The van der Waals surface area contributed by atoms with E-state index in [4.69, 9.17) is 5.11 Å². The summed E-state index contributed by atoms with van der Waals surface area (Å²) in [7, 11) is 0. The van der Waals surface area contributed by atoms with Gasteiger partial charge in [0.15, 0.2) is 0 Å². The van der Waals surface area contributed by atoms with Crippen molar-refractivity contribution in [3.05, 3.63) is 41.0 Å². The zero-order chi connectivity index (χ0) is 14.2. The van der Waals surface area contributed by atoms with E-state index in [0.29, 0.717) is 5.56 Å². The van der Waals surface area contributed by atoms with Gasteiger partial charge in [0, 0.05) is 6.08 Å². The Morgan fingerprint density at radius 3 is 2.58 bits per heavy atom. The summed E-state index contributed by atoms with van der Waals surface area (Å²) in [5.41, 5.74) is 2.77. The van der Waals surface area contributed by atoms with E-state index in [-0.39, 0.29) is 5.57 Å². The predicted octanol–water partition coefficient (Wildman–Crippen LogP) is 1.14. The maximum Gasteiger partial charge on any atom is 0.323 e. The van der Waals surface area contributed by atoms with Gasteiger partial charge in [-0.25, -0.2) is 0 Å². The van der Waals surface area contributed by atoms with Gasteiger partial charge in [0.05, 0.1) is 5.57 Å². The fraction of sp³-hybridized carbons (Fsp3) is 0.214. The number of aliphatic carboxylic acids is 1. The van der Waals surface area contributed by atoms with Crippen LogP contribution in [-0.4, -0.2) is 34.3 Å². The van der Waals surface area contributed by atoms with E-state index >= 15 is 0 Å². The molecule has 1 heterocycles. The molecule has 0 bridgehead atoms. The van der Waals surface area contributed by atoms with Gasteiger partial charge in [0.1, 0.15) is 6.54 Å². The molecule has 1 aliphatic rings. The summed E-state index contributed by atoms with van der Waals surface area (Å²) in [5.74, 6) is -2.35. The van der Waals surface area contributed by atoms with E-state index in [1.165, 1.54) is 6.08 Å². The topological polar surface area (TPSA) is 74.7 Å². The quantitative estimate of drug-likeness (QED) is 0.826. The first-order valence-corrected chi connectivity index (χ1v) is 5.77. The fourth-order valence-corrected chi connectivity index (χ4v) is 2.01. The molecule has 0 atom stereocenters. The minimum atomic E-state index is -1.21. The van der Waals surface area contributed by atoms with Crippen LogP contribution in [0.15, 0.2) is 24.3 Å². The number of carboxylic acid groups (broad SMARTS) is 1. The van der Waals surface area contributed by atoms with E-state index in [1.54, 1.807) is 0 Å². The van der Waals surface area contributed by atoms with Crippen molar-refractivity contribution >= 4 is 23.4 Å². The lowest BCUT2D eigenvalue weighted by molar-refractivity contribution is -0.147. The Kier molecular flexibility index (Phi) is 3.21. The first-order valence-electron chi connectivity index (χ1n) is 5.77. The molecule has 0 fully saturated rings. The van der Waals surface area contributed by atoms with Gasteiger partial charge in [-0.1, -0.05) is 23.8 Å². The van der Waals surface area contributed by atoms with Crippen LogP contribution in [-0.2, 0) is 14.4 Å². The van der Waals surface area contributed by atoms with Gasteiger partial charge >= 0.3 is 5.97 Å². The van der Waals surface area contributed by atoms with Gasteiger partial charge < -0.3 is 5.11 Å². The second-order valence-electron chi connectivity index (χ2n) is 4.50. The van der Waals surface area contributed by atoms with Gasteiger partial charge in [-0.15, -0.1) is 0 Å². The number of nitrogens with zero attached hydrogens (tertiary/aromatic N) is 1. The Morgan fingerprint density at radius 2 is 1.95 bits per heavy atom. The molecule has 0 saturated carbocycles. The van der Waals surface area contributed by atoms with Crippen LogP contribution in [0.2, 0.25) is 0 Å². The molecule has 19 heavy (non-hydrogen) atoms. The summed E-state index contributed by atoms with van der Waals surface area (Å²) < 4.78 is 0. The van der Waals surface area contributed by atoms with Gasteiger partial charge in [0.25, 0.3) is 11.8 Å². The number of carbonyl (C=O) groups is 3. The Labute approximate surface area is 110 Å². The number of aryl methyl sites for hydroxylation is 2. The highest BCUT2D eigenvalue weighted by molar-refractivity contribution is 6.34. The monoisotopic (exact) mass is 259 g/mol. The average Bonchev–Trinajstić information content (AvgIpc) is 2.60.